The van der Waals surface area contributed by atoms with Gasteiger partial charge >= 0.3 is 27.3 Å². The fourth-order valence-corrected chi connectivity index (χ4v) is 9.94. The number of hydrogen-bond acceptors (Lipinski definition) is 9. The molecule has 4 fully saturated rings. The molecule has 4 saturated carbocycles. The summed E-state index contributed by atoms with van der Waals surface area (Å²) in [5.41, 5.74) is -0.844. The molecule has 43 heavy (non-hydrogen) atoms. The van der Waals surface area contributed by atoms with Crippen molar-refractivity contribution >= 4 is 62.0 Å². The number of carbonyl (C=O) groups is 5. The third-order valence-corrected chi connectivity index (χ3v) is 13.2. The second kappa shape index (κ2) is 12.7. The molecule has 0 radical (unpaired) electrons. The minimum absolute atomic E-state index is 0.00115. The predicted octanol–water partition coefficient (Wildman–Crippen LogP) is 4.50. The highest BCUT2D eigenvalue weighted by Crippen LogP contribution is 2.66. The third kappa shape index (κ3) is 6.70. The van der Waals surface area contributed by atoms with Crippen LogP contribution in [0.4, 0.5) is 8.78 Å². The first-order valence-electron chi connectivity index (χ1n) is 14.8. The number of ether oxygens (including phenoxy) is 2. The van der Waals surface area contributed by atoms with Crippen molar-refractivity contribution < 1.29 is 55.2 Å². The molecule has 1 N–H and O–H groups in total. The Balaban J connectivity index is 1.26. The van der Waals surface area contributed by atoms with Crippen LogP contribution in [0.3, 0.4) is 0 Å². The molecule has 14 heteroatoms. The zero-order valence-corrected chi connectivity index (χ0v) is 27.3. The van der Waals surface area contributed by atoms with Crippen LogP contribution in [0.5, 0.6) is 0 Å². The Kier molecular flexibility index (Phi) is 10.1. The summed E-state index contributed by atoms with van der Waals surface area (Å²) in [7, 11) is -5.71. The first-order chi connectivity index (χ1) is 19.9. The van der Waals surface area contributed by atoms with Crippen LogP contribution in [0, 0.1) is 40.4 Å². The summed E-state index contributed by atoms with van der Waals surface area (Å²) >= 11 is 2.28. The molecule has 242 valence electrons. The van der Waals surface area contributed by atoms with Gasteiger partial charge in [0.15, 0.2) is 6.61 Å². The zero-order chi connectivity index (χ0) is 32.0. The fraction of sp³-hybridized carbons (Fsp3) is 0.828. The first-order valence-corrected chi connectivity index (χ1v) is 17.5. The van der Waals surface area contributed by atoms with Gasteiger partial charge in [-0.25, -0.2) is 0 Å². The van der Waals surface area contributed by atoms with Gasteiger partial charge in [-0.3, -0.25) is 28.5 Å². The van der Waals surface area contributed by atoms with Crippen molar-refractivity contribution in [2.24, 2.45) is 40.4 Å². The molecule has 0 aromatic rings. The number of Topliss-reactive ketones (excluding diaryl/α,β-unsaturated/α-hetero) is 3. The number of hydrogen-bond donors (Lipinski definition) is 1. The Morgan fingerprint density at radius 3 is 2.40 bits per heavy atom. The molecule has 4 aliphatic rings. The maximum absolute atomic E-state index is 13.9. The van der Waals surface area contributed by atoms with E-state index in [9.17, 15) is 41.2 Å². The summed E-state index contributed by atoms with van der Waals surface area (Å²) in [6.07, 6.45) is 4.07. The van der Waals surface area contributed by atoms with Gasteiger partial charge in [0, 0.05) is 53.8 Å². The molecule has 10 nitrogen and oxygen atoms in total. The number of alkyl halides is 3. The van der Waals surface area contributed by atoms with E-state index in [4.69, 9.17) is 9.29 Å². The molecule has 0 aliphatic heterocycles. The van der Waals surface area contributed by atoms with Gasteiger partial charge in [0.25, 0.3) is 0 Å². The van der Waals surface area contributed by atoms with E-state index in [1.807, 2.05) is 6.92 Å². The number of fused-ring (bicyclic) bond motifs is 5. The van der Waals surface area contributed by atoms with Crippen LogP contribution in [-0.2, 0) is 43.6 Å². The smallest absolute Gasteiger partial charge is 0.402 e. The summed E-state index contributed by atoms with van der Waals surface area (Å²) < 4.78 is 65.1. The molecule has 0 saturated heterocycles. The van der Waals surface area contributed by atoms with Gasteiger partial charge in [0.2, 0.25) is 0 Å². The van der Waals surface area contributed by atoms with E-state index in [-0.39, 0.29) is 75.7 Å². The average Bonchev–Trinajstić information content (AvgIpc) is 3.28. The van der Waals surface area contributed by atoms with Gasteiger partial charge in [-0.1, -0.05) is 36.4 Å². The predicted molar refractivity (Wildman–Crippen MR) is 156 cm³/mol. The normalized spacial score (nSPS) is 35.0. The van der Waals surface area contributed by atoms with Crippen molar-refractivity contribution in [1.29, 1.82) is 0 Å². The summed E-state index contributed by atoms with van der Waals surface area (Å²) in [5.74, 6) is -1.32. The van der Waals surface area contributed by atoms with E-state index < -0.39 is 45.8 Å². The molecule has 8 atom stereocenters. The lowest BCUT2D eigenvalue weighted by Gasteiger charge is -2.58. The molecular weight excluding hydrogens is 705 g/mol. The molecule has 4 rings (SSSR count). The van der Waals surface area contributed by atoms with E-state index in [1.165, 1.54) is 0 Å². The molecule has 0 unspecified atom stereocenters. The molecule has 0 aromatic carbocycles. The molecule has 4 aliphatic carbocycles. The van der Waals surface area contributed by atoms with Crippen molar-refractivity contribution in [1.82, 2.24) is 0 Å². The first kappa shape index (κ1) is 34.3. The van der Waals surface area contributed by atoms with E-state index in [2.05, 4.69) is 34.3 Å². The summed E-state index contributed by atoms with van der Waals surface area (Å²) in [6, 6.07) is 0. The number of carbonyl (C=O) groups excluding carboxylic acids is 5. The molecule has 0 amide bonds. The number of ketones is 3. The lowest BCUT2D eigenvalue weighted by Crippen LogP contribution is -2.60. The van der Waals surface area contributed by atoms with Crippen molar-refractivity contribution in [3.8, 4) is 0 Å². The minimum Gasteiger partial charge on any atom is -0.466 e. The van der Waals surface area contributed by atoms with Crippen LogP contribution in [0.15, 0.2) is 0 Å². The number of halogens is 3. The monoisotopic (exact) mass is 744 g/mol. The largest absolute Gasteiger partial charge is 0.466 e. The van der Waals surface area contributed by atoms with Gasteiger partial charge in [0.1, 0.15) is 17.3 Å². The third-order valence-electron chi connectivity index (χ3n) is 10.8. The van der Waals surface area contributed by atoms with Crippen molar-refractivity contribution in [2.75, 3.05) is 13.2 Å². The number of esters is 2. The fourth-order valence-electron chi connectivity index (χ4n) is 8.31. The van der Waals surface area contributed by atoms with E-state index in [1.54, 1.807) is 0 Å². The van der Waals surface area contributed by atoms with Gasteiger partial charge in [-0.15, -0.1) is 0 Å². The van der Waals surface area contributed by atoms with Crippen molar-refractivity contribution in [3.05, 3.63) is 0 Å². The average molecular weight is 745 g/mol. The highest BCUT2D eigenvalue weighted by Gasteiger charge is 2.66. The molecule has 0 spiro atoms. The van der Waals surface area contributed by atoms with Crippen molar-refractivity contribution in [3.63, 3.8) is 0 Å². The lowest BCUT2D eigenvalue weighted by molar-refractivity contribution is -0.165. The molecule has 0 bridgehead atoms. The highest BCUT2D eigenvalue weighted by molar-refractivity contribution is 14.1. The van der Waals surface area contributed by atoms with Gasteiger partial charge < -0.3 is 9.47 Å². The number of rotatable bonds is 11. The molecule has 0 aromatic heterocycles. The van der Waals surface area contributed by atoms with E-state index >= 15 is 0 Å². The van der Waals surface area contributed by atoms with Crippen LogP contribution < -0.4 is 0 Å². The van der Waals surface area contributed by atoms with Crippen LogP contribution in [0.1, 0.15) is 84.5 Å². The van der Waals surface area contributed by atoms with Gasteiger partial charge in [-0.2, -0.15) is 17.2 Å². The minimum atomic E-state index is -5.71. The summed E-state index contributed by atoms with van der Waals surface area (Å²) in [6.45, 7) is 2.18. The second-order valence-electron chi connectivity index (χ2n) is 13.1. The Hall–Kier alpha value is -1.55. The van der Waals surface area contributed by atoms with Crippen LogP contribution in [-0.4, -0.2) is 64.7 Å². The maximum Gasteiger partial charge on any atom is 0.402 e. The Labute approximate surface area is 263 Å². The van der Waals surface area contributed by atoms with Crippen LogP contribution in [0.25, 0.3) is 0 Å². The standard InChI is InChI=1S/C29H39F2IO10S/c1-27-10-9-17(33)12-16(27)13-22(34)26-19-6-5-18(28(19,2)23(35)14-20(26)27)21(32)7-8-25(37)41-11-3-4-24(36)42-15-29(30,31)43(38,39)40/h16,18-21,26H,3-15H2,1-2H3,(H,38,39,40)/t16-,18+,19-,20-,21+,26-,27-,28+/m0/s1. The van der Waals surface area contributed by atoms with Gasteiger partial charge in [-0.05, 0) is 61.2 Å². The quantitative estimate of drug-likeness (QED) is 0.105. The summed E-state index contributed by atoms with van der Waals surface area (Å²) in [4.78, 5) is 63.5. The SMILES string of the molecule is C[C@]12CCC(=O)C[C@H]1CC(=O)[C@@H]1[C@@H]2CC(=O)[C@]2(C)[C@@H]([C@H](I)CCC(=O)OCCCC(=O)OCC(F)(F)S(=O)(=O)O)CC[C@@H]12. The summed E-state index contributed by atoms with van der Waals surface area (Å²) in [5, 5.41) is -4.62. The van der Waals surface area contributed by atoms with Crippen LogP contribution >= 0.6 is 22.6 Å². The lowest BCUT2D eigenvalue weighted by atomic mass is 9.44. The Morgan fingerprint density at radius 2 is 1.72 bits per heavy atom. The molecular formula is C29H39F2IO10S. The highest BCUT2D eigenvalue weighted by atomic mass is 127. The van der Waals surface area contributed by atoms with Gasteiger partial charge in [0.05, 0.1) is 6.61 Å². The maximum atomic E-state index is 13.9. The Bertz CT molecular complexity index is 1270. The zero-order valence-electron chi connectivity index (χ0n) is 24.3. The topological polar surface area (TPSA) is 158 Å². The Morgan fingerprint density at radius 1 is 1.05 bits per heavy atom. The van der Waals surface area contributed by atoms with Crippen molar-refractivity contribution in [2.45, 2.75) is 93.7 Å². The van der Waals surface area contributed by atoms with E-state index in [0.717, 1.165) is 19.3 Å². The molecule has 0 heterocycles. The van der Waals surface area contributed by atoms with E-state index in [0.29, 0.717) is 32.1 Å². The van der Waals surface area contributed by atoms with Crippen LogP contribution in [0.2, 0.25) is 0 Å². The second-order valence-corrected chi connectivity index (χ2v) is 16.2.